The molecule has 0 aliphatic rings. The van der Waals surface area contributed by atoms with Gasteiger partial charge in [-0.2, -0.15) is 0 Å². The molecule has 0 aliphatic heterocycles. The van der Waals surface area contributed by atoms with Gasteiger partial charge in [0.25, 0.3) is 0 Å². The number of nitrogens with zero attached hydrogens (tertiary/aromatic N) is 2. The Balaban J connectivity index is 1.65. The summed E-state index contributed by atoms with van der Waals surface area (Å²) in [5.41, 5.74) is 1.12. The van der Waals surface area contributed by atoms with Crippen molar-refractivity contribution in [3.8, 4) is 11.5 Å². The summed E-state index contributed by atoms with van der Waals surface area (Å²) in [7, 11) is 0. The molecule has 2 aromatic carbocycles. The van der Waals surface area contributed by atoms with Gasteiger partial charge in [0.1, 0.15) is 24.7 Å². The van der Waals surface area contributed by atoms with E-state index in [1.807, 2.05) is 0 Å². The topological polar surface area (TPSA) is 83.6 Å². The van der Waals surface area contributed by atoms with Crippen LogP contribution in [0, 0.1) is 0 Å². The highest BCUT2D eigenvalue weighted by Gasteiger charge is 1.99. The standard InChI is InChI=1S/C17H16Br2N2O4/c18-14-2-4-16(22)12(8-14)10-20-24-6-1-7-25-21-11-13-9-15(19)3-5-17(13)23/h2-5,8-11,22-23H,1,6-7H2/b20-10+,21-11+. The van der Waals surface area contributed by atoms with E-state index in [9.17, 15) is 10.2 Å². The third-order valence-electron chi connectivity index (χ3n) is 2.98. The van der Waals surface area contributed by atoms with E-state index >= 15 is 0 Å². The highest BCUT2D eigenvalue weighted by atomic mass is 79.9. The van der Waals surface area contributed by atoms with Crippen LogP contribution in [0.25, 0.3) is 0 Å². The lowest BCUT2D eigenvalue weighted by atomic mass is 10.2. The third kappa shape index (κ3) is 6.75. The van der Waals surface area contributed by atoms with E-state index in [2.05, 4.69) is 42.2 Å². The van der Waals surface area contributed by atoms with E-state index in [0.717, 1.165) is 8.95 Å². The fourth-order valence-corrected chi connectivity index (χ4v) is 2.50. The van der Waals surface area contributed by atoms with Gasteiger partial charge in [0.2, 0.25) is 0 Å². The predicted molar refractivity (Wildman–Crippen MR) is 103 cm³/mol. The average Bonchev–Trinajstić information content (AvgIpc) is 2.59. The quantitative estimate of drug-likeness (QED) is 0.339. The normalized spacial score (nSPS) is 11.3. The number of rotatable bonds is 8. The lowest BCUT2D eigenvalue weighted by molar-refractivity contribution is 0.0914. The number of phenols is 2. The van der Waals surface area contributed by atoms with Crippen LogP contribution < -0.4 is 0 Å². The molecule has 0 aliphatic carbocycles. The Kier molecular flexibility index (Phi) is 7.75. The summed E-state index contributed by atoms with van der Waals surface area (Å²) in [6.07, 6.45) is 3.47. The summed E-state index contributed by atoms with van der Waals surface area (Å²) in [5, 5.41) is 26.9. The molecule has 6 nitrogen and oxygen atoms in total. The first-order valence-corrected chi connectivity index (χ1v) is 8.92. The summed E-state index contributed by atoms with van der Waals surface area (Å²) in [4.78, 5) is 10.2. The minimum absolute atomic E-state index is 0.129. The van der Waals surface area contributed by atoms with Crippen molar-refractivity contribution in [1.82, 2.24) is 0 Å². The van der Waals surface area contributed by atoms with E-state index in [-0.39, 0.29) is 11.5 Å². The fraction of sp³-hybridized carbons (Fsp3) is 0.176. The van der Waals surface area contributed by atoms with Gasteiger partial charge >= 0.3 is 0 Å². The molecule has 0 saturated carbocycles. The largest absolute Gasteiger partial charge is 0.507 e. The molecule has 2 aromatic rings. The molecule has 0 atom stereocenters. The van der Waals surface area contributed by atoms with Crippen LogP contribution in [0.15, 0.2) is 55.7 Å². The molecule has 0 unspecified atom stereocenters. The Bertz CT molecular complexity index is 703. The Morgan fingerprint density at radius 3 is 1.68 bits per heavy atom. The highest BCUT2D eigenvalue weighted by Crippen LogP contribution is 2.20. The number of benzene rings is 2. The van der Waals surface area contributed by atoms with Gasteiger partial charge in [-0.3, -0.25) is 0 Å². The zero-order valence-electron chi connectivity index (χ0n) is 13.1. The van der Waals surface area contributed by atoms with Crippen LogP contribution in [0.5, 0.6) is 11.5 Å². The van der Waals surface area contributed by atoms with E-state index in [1.54, 1.807) is 36.4 Å². The molecule has 0 amide bonds. The summed E-state index contributed by atoms with van der Waals surface area (Å²) >= 11 is 6.64. The Morgan fingerprint density at radius 1 is 0.800 bits per heavy atom. The second-order valence-electron chi connectivity index (χ2n) is 4.90. The smallest absolute Gasteiger partial charge is 0.124 e. The summed E-state index contributed by atoms with van der Waals surface area (Å²) in [6, 6.07) is 10.1. The SMILES string of the molecule is Oc1ccc(Br)cc1/C=N/OCCCO/N=C/c1cc(Br)ccc1O. The van der Waals surface area contributed by atoms with Crippen molar-refractivity contribution in [1.29, 1.82) is 0 Å². The number of aromatic hydroxyl groups is 2. The van der Waals surface area contributed by atoms with Crippen molar-refractivity contribution in [2.75, 3.05) is 13.2 Å². The number of oxime groups is 2. The summed E-state index contributed by atoms with van der Waals surface area (Å²) < 4.78 is 1.68. The maximum absolute atomic E-state index is 9.64. The van der Waals surface area contributed by atoms with Gasteiger partial charge in [0.15, 0.2) is 0 Å². The molecule has 0 heterocycles. The molecule has 8 heteroatoms. The second kappa shape index (κ2) is 10.0. The van der Waals surface area contributed by atoms with Crippen molar-refractivity contribution < 1.29 is 19.9 Å². The van der Waals surface area contributed by atoms with Crippen molar-refractivity contribution in [3.63, 3.8) is 0 Å². The average molecular weight is 472 g/mol. The third-order valence-corrected chi connectivity index (χ3v) is 3.97. The van der Waals surface area contributed by atoms with Crippen LogP contribution in [0.2, 0.25) is 0 Å². The Morgan fingerprint density at radius 2 is 1.24 bits per heavy atom. The maximum Gasteiger partial charge on any atom is 0.124 e. The molecule has 132 valence electrons. The van der Waals surface area contributed by atoms with E-state index in [4.69, 9.17) is 9.68 Å². The van der Waals surface area contributed by atoms with Crippen molar-refractivity contribution in [2.45, 2.75) is 6.42 Å². The number of phenolic OH excluding ortho intramolecular Hbond substituents is 2. The highest BCUT2D eigenvalue weighted by molar-refractivity contribution is 9.10. The van der Waals surface area contributed by atoms with Gasteiger partial charge in [-0.15, -0.1) is 0 Å². The minimum atomic E-state index is 0.129. The van der Waals surface area contributed by atoms with Crippen molar-refractivity contribution in [3.05, 3.63) is 56.5 Å². The van der Waals surface area contributed by atoms with Gasteiger partial charge in [-0.25, -0.2) is 0 Å². The molecule has 0 bridgehead atoms. The molecular formula is C17H16Br2N2O4. The molecule has 0 saturated heterocycles. The zero-order valence-corrected chi connectivity index (χ0v) is 16.3. The minimum Gasteiger partial charge on any atom is -0.507 e. The van der Waals surface area contributed by atoms with Crippen LogP contribution in [0.3, 0.4) is 0 Å². The summed E-state index contributed by atoms with van der Waals surface area (Å²) in [6.45, 7) is 0.700. The van der Waals surface area contributed by atoms with Crippen LogP contribution in [0.4, 0.5) is 0 Å². The first-order valence-electron chi connectivity index (χ1n) is 7.34. The van der Waals surface area contributed by atoms with E-state index in [1.165, 1.54) is 12.4 Å². The van der Waals surface area contributed by atoms with Gasteiger partial charge < -0.3 is 19.9 Å². The summed E-state index contributed by atoms with van der Waals surface area (Å²) in [5.74, 6) is 0.257. The number of hydrogen-bond donors (Lipinski definition) is 2. The molecule has 0 radical (unpaired) electrons. The maximum atomic E-state index is 9.64. The van der Waals surface area contributed by atoms with E-state index < -0.39 is 0 Å². The van der Waals surface area contributed by atoms with Crippen LogP contribution in [-0.2, 0) is 9.68 Å². The van der Waals surface area contributed by atoms with Crippen LogP contribution in [0.1, 0.15) is 17.5 Å². The van der Waals surface area contributed by atoms with Crippen LogP contribution >= 0.6 is 31.9 Å². The van der Waals surface area contributed by atoms with Gasteiger partial charge in [0, 0.05) is 26.5 Å². The molecule has 0 spiro atoms. The lowest BCUT2D eigenvalue weighted by Gasteiger charge is -2.01. The molecule has 2 N–H and O–H groups in total. The first-order chi connectivity index (χ1) is 12.1. The monoisotopic (exact) mass is 470 g/mol. The van der Waals surface area contributed by atoms with E-state index in [0.29, 0.717) is 30.8 Å². The second-order valence-corrected chi connectivity index (χ2v) is 6.73. The molecule has 0 aromatic heterocycles. The van der Waals surface area contributed by atoms with Gasteiger partial charge in [-0.05, 0) is 36.4 Å². The molecule has 2 rings (SSSR count). The molecular weight excluding hydrogens is 456 g/mol. The van der Waals surface area contributed by atoms with Gasteiger partial charge in [-0.1, -0.05) is 42.2 Å². The Labute approximate surface area is 162 Å². The molecule has 25 heavy (non-hydrogen) atoms. The number of hydrogen-bond acceptors (Lipinski definition) is 6. The number of halogens is 2. The van der Waals surface area contributed by atoms with Crippen molar-refractivity contribution >= 4 is 44.3 Å². The molecule has 0 fully saturated rings. The fourth-order valence-electron chi connectivity index (χ4n) is 1.74. The predicted octanol–water partition coefficient (Wildman–Crippen LogP) is 4.41. The first kappa shape index (κ1) is 19.3. The van der Waals surface area contributed by atoms with Gasteiger partial charge in [0.05, 0.1) is 12.4 Å². The Hall–Kier alpha value is -2.06. The zero-order chi connectivity index (χ0) is 18.1. The van der Waals surface area contributed by atoms with Crippen LogP contribution in [-0.4, -0.2) is 35.9 Å². The lowest BCUT2D eigenvalue weighted by Crippen LogP contribution is -1.96. The van der Waals surface area contributed by atoms with Crippen molar-refractivity contribution in [2.24, 2.45) is 10.3 Å².